The Morgan fingerprint density at radius 1 is 1.48 bits per heavy atom. The van der Waals surface area contributed by atoms with Crippen LogP contribution in [0.1, 0.15) is 29.8 Å². The van der Waals surface area contributed by atoms with Crippen molar-refractivity contribution in [2.45, 2.75) is 19.5 Å². The number of rotatable bonds is 4. The predicted molar refractivity (Wildman–Crippen MR) is 87.2 cm³/mol. The number of nitriles is 1. The number of nitrogens with one attached hydrogen (secondary N) is 2. The average molecular weight is 328 g/mol. The highest BCUT2D eigenvalue weighted by Gasteiger charge is 2.10. The first-order chi connectivity index (χ1) is 11.1. The maximum absolute atomic E-state index is 12.0. The van der Waals surface area contributed by atoms with E-state index in [0.29, 0.717) is 28.5 Å². The number of fused-ring (bicyclic) bond motifs is 1. The van der Waals surface area contributed by atoms with E-state index in [1.165, 1.54) is 16.8 Å². The summed E-state index contributed by atoms with van der Waals surface area (Å²) in [5.41, 5.74) is 2.07. The third-order valence-corrected chi connectivity index (χ3v) is 3.84. The first-order valence-electron chi connectivity index (χ1n) is 7.07. The van der Waals surface area contributed by atoms with Gasteiger partial charge < -0.3 is 5.32 Å². The number of hydrogen-bond acceptors (Lipinski definition) is 4. The lowest BCUT2D eigenvalue weighted by Crippen LogP contribution is -2.22. The van der Waals surface area contributed by atoms with Gasteiger partial charge in [0.15, 0.2) is 5.65 Å². The van der Waals surface area contributed by atoms with Crippen molar-refractivity contribution in [2.75, 3.05) is 0 Å². The van der Waals surface area contributed by atoms with Crippen LogP contribution in [0.2, 0.25) is 5.02 Å². The Balaban J connectivity index is 1.82. The summed E-state index contributed by atoms with van der Waals surface area (Å²) in [4.78, 5) is 16.4. The maximum atomic E-state index is 12.0. The molecule has 0 aliphatic rings. The van der Waals surface area contributed by atoms with E-state index in [4.69, 9.17) is 16.9 Å². The molecule has 6 nitrogen and oxygen atoms in total. The van der Waals surface area contributed by atoms with Crippen molar-refractivity contribution in [3.05, 3.63) is 68.7 Å². The van der Waals surface area contributed by atoms with E-state index in [-0.39, 0.29) is 11.6 Å². The molecule has 2 heterocycles. The number of aromatic amines is 1. The Labute approximate surface area is 137 Å². The normalized spacial score (nSPS) is 12.2. The number of aromatic nitrogens is 3. The van der Waals surface area contributed by atoms with E-state index < -0.39 is 0 Å². The van der Waals surface area contributed by atoms with Gasteiger partial charge in [-0.2, -0.15) is 5.26 Å². The summed E-state index contributed by atoms with van der Waals surface area (Å²) in [6, 6.07) is 11.1. The second kappa shape index (κ2) is 6.24. The largest absolute Gasteiger partial charge is 0.305 e. The van der Waals surface area contributed by atoms with Crippen molar-refractivity contribution < 1.29 is 0 Å². The van der Waals surface area contributed by atoms with E-state index in [0.717, 1.165) is 5.56 Å². The number of benzene rings is 1. The van der Waals surface area contributed by atoms with E-state index >= 15 is 0 Å². The molecule has 2 aromatic heterocycles. The molecule has 116 valence electrons. The third kappa shape index (κ3) is 3.11. The summed E-state index contributed by atoms with van der Waals surface area (Å²) in [6.07, 6.45) is 1.47. The SMILES string of the molecule is CC(NCc1cc(=O)n2[nH]cc(C#N)c2n1)c1cccc(Cl)c1. The molecule has 0 spiro atoms. The standard InChI is InChI=1S/C16H14ClN5O/c1-10(11-3-2-4-13(17)5-11)19-9-14-6-15(23)22-16(21-14)12(7-18)8-20-22/h2-6,8,10,19-20H,9H2,1H3. The van der Waals surface area contributed by atoms with Crippen molar-refractivity contribution in [3.63, 3.8) is 0 Å². The molecule has 3 aromatic rings. The zero-order chi connectivity index (χ0) is 16.4. The first kappa shape index (κ1) is 15.3. The molecule has 0 aliphatic heterocycles. The molecular weight excluding hydrogens is 314 g/mol. The minimum absolute atomic E-state index is 0.0515. The molecule has 1 aromatic carbocycles. The minimum atomic E-state index is -0.247. The summed E-state index contributed by atoms with van der Waals surface area (Å²) in [5, 5.41) is 15.7. The van der Waals surface area contributed by atoms with Gasteiger partial charge in [-0.15, -0.1) is 0 Å². The fourth-order valence-corrected chi connectivity index (χ4v) is 2.55. The van der Waals surface area contributed by atoms with Gasteiger partial charge in [0.1, 0.15) is 11.6 Å². The maximum Gasteiger partial charge on any atom is 0.272 e. The van der Waals surface area contributed by atoms with Crippen LogP contribution in [0, 0.1) is 11.3 Å². The Hall–Kier alpha value is -2.62. The number of hydrogen-bond donors (Lipinski definition) is 2. The number of nitrogens with zero attached hydrogens (tertiary/aromatic N) is 3. The second-order valence-corrected chi connectivity index (χ2v) is 5.64. The third-order valence-electron chi connectivity index (χ3n) is 3.61. The van der Waals surface area contributed by atoms with Crippen molar-refractivity contribution >= 4 is 17.2 Å². The van der Waals surface area contributed by atoms with Crippen LogP contribution in [0.4, 0.5) is 0 Å². The van der Waals surface area contributed by atoms with Crippen LogP contribution in [0.3, 0.4) is 0 Å². The number of H-pyrrole nitrogens is 1. The van der Waals surface area contributed by atoms with Crippen LogP contribution in [-0.2, 0) is 6.54 Å². The molecule has 0 amide bonds. The van der Waals surface area contributed by atoms with Gasteiger partial charge in [-0.3, -0.25) is 9.89 Å². The summed E-state index contributed by atoms with van der Waals surface area (Å²) < 4.78 is 1.25. The smallest absolute Gasteiger partial charge is 0.272 e. The fourth-order valence-electron chi connectivity index (χ4n) is 2.35. The van der Waals surface area contributed by atoms with E-state index in [9.17, 15) is 4.79 Å². The molecule has 0 bridgehead atoms. The van der Waals surface area contributed by atoms with E-state index in [2.05, 4.69) is 15.4 Å². The molecule has 0 radical (unpaired) electrons. The highest BCUT2D eigenvalue weighted by atomic mass is 35.5. The Kier molecular flexibility index (Phi) is 4.15. The van der Waals surface area contributed by atoms with Gasteiger partial charge in [-0.05, 0) is 24.6 Å². The molecule has 3 rings (SSSR count). The fraction of sp³-hybridized carbons (Fsp3) is 0.188. The quantitative estimate of drug-likeness (QED) is 0.770. The van der Waals surface area contributed by atoms with Crippen molar-refractivity contribution in [2.24, 2.45) is 0 Å². The monoisotopic (exact) mass is 327 g/mol. The Morgan fingerprint density at radius 3 is 3.04 bits per heavy atom. The van der Waals surface area contributed by atoms with Gasteiger partial charge in [0.05, 0.1) is 5.69 Å². The highest BCUT2D eigenvalue weighted by molar-refractivity contribution is 6.30. The van der Waals surface area contributed by atoms with Crippen LogP contribution < -0.4 is 10.9 Å². The lowest BCUT2D eigenvalue weighted by Gasteiger charge is -2.14. The molecule has 0 saturated heterocycles. The summed E-state index contributed by atoms with van der Waals surface area (Å²) in [7, 11) is 0. The Bertz CT molecular complexity index is 953. The van der Waals surface area contributed by atoms with Gasteiger partial charge in [0.25, 0.3) is 5.56 Å². The van der Waals surface area contributed by atoms with Gasteiger partial charge in [0.2, 0.25) is 0 Å². The van der Waals surface area contributed by atoms with Gasteiger partial charge in [0, 0.05) is 29.9 Å². The zero-order valence-corrected chi connectivity index (χ0v) is 13.1. The molecule has 0 saturated carbocycles. The van der Waals surface area contributed by atoms with Crippen LogP contribution in [0.5, 0.6) is 0 Å². The van der Waals surface area contributed by atoms with Crippen LogP contribution in [0.15, 0.2) is 41.3 Å². The molecule has 0 aliphatic carbocycles. The van der Waals surface area contributed by atoms with Crippen LogP contribution >= 0.6 is 11.6 Å². The molecular formula is C16H14ClN5O. The molecule has 1 unspecified atom stereocenters. The minimum Gasteiger partial charge on any atom is -0.305 e. The van der Waals surface area contributed by atoms with Crippen LogP contribution in [-0.4, -0.2) is 14.6 Å². The lowest BCUT2D eigenvalue weighted by atomic mass is 10.1. The molecule has 7 heteroatoms. The second-order valence-electron chi connectivity index (χ2n) is 5.20. The Morgan fingerprint density at radius 2 is 2.30 bits per heavy atom. The average Bonchev–Trinajstić information content (AvgIpc) is 2.96. The lowest BCUT2D eigenvalue weighted by molar-refractivity contribution is 0.567. The number of halogens is 1. The molecule has 0 fully saturated rings. The van der Waals surface area contributed by atoms with Gasteiger partial charge in [-0.25, -0.2) is 9.50 Å². The first-order valence-corrected chi connectivity index (χ1v) is 7.45. The van der Waals surface area contributed by atoms with E-state index in [1.807, 2.05) is 37.3 Å². The van der Waals surface area contributed by atoms with Gasteiger partial charge >= 0.3 is 0 Å². The van der Waals surface area contributed by atoms with Crippen molar-refractivity contribution in [1.29, 1.82) is 5.26 Å². The summed E-state index contributed by atoms with van der Waals surface area (Å²) in [5.74, 6) is 0. The molecule has 1 atom stereocenters. The van der Waals surface area contributed by atoms with Gasteiger partial charge in [-0.1, -0.05) is 23.7 Å². The molecule has 2 N–H and O–H groups in total. The zero-order valence-electron chi connectivity index (χ0n) is 12.4. The highest BCUT2D eigenvalue weighted by Crippen LogP contribution is 2.17. The van der Waals surface area contributed by atoms with Crippen LogP contribution in [0.25, 0.3) is 5.65 Å². The van der Waals surface area contributed by atoms with E-state index in [1.54, 1.807) is 0 Å². The molecule has 23 heavy (non-hydrogen) atoms. The summed E-state index contributed by atoms with van der Waals surface area (Å²) in [6.45, 7) is 2.42. The topological polar surface area (TPSA) is 86.0 Å². The summed E-state index contributed by atoms with van der Waals surface area (Å²) >= 11 is 5.99. The van der Waals surface area contributed by atoms with Crippen molar-refractivity contribution in [3.8, 4) is 6.07 Å². The predicted octanol–water partition coefficient (Wildman–Crippen LogP) is 2.40. The van der Waals surface area contributed by atoms with Crippen molar-refractivity contribution in [1.82, 2.24) is 19.9 Å².